The second-order valence-corrected chi connectivity index (χ2v) is 9.98. The number of rotatable bonds is 6. The van der Waals surface area contributed by atoms with E-state index in [2.05, 4.69) is 25.6 Å². The van der Waals surface area contributed by atoms with Gasteiger partial charge in [0.15, 0.2) is 0 Å². The van der Waals surface area contributed by atoms with Crippen molar-refractivity contribution in [2.24, 2.45) is 0 Å². The molecule has 25 heavy (non-hydrogen) atoms. The van der Waals surface area contributed by atoms with Gasteiger partial charge in [0.25, 0.3) is 10.0 Å². The molecule has 0 aliphatic rings. The standard InChI is InChI=1S/C16H15BrN2O4S2/c1-9(11-8-18-12-5-3-2-4-10(11)12)15(16(20)21)19-25(22,23)14-7-6-13(17)24-14/h2-9,15,18-19H,1H3,(H,20,21)/t9-,15-/m1/s1. The smallest absolute Gasteiger partial charge is 0.322 e. The number of H-pyrrole nitrogens is 1. The maximum atomic E-state index is 12.5. The number of aromatic nitrogens is 1. The summed E-state index contributed by atoms with van der Waals surface area (Å²) in [5.41, 5.74) is 1.62. The number of carboxylic acids is 1. The molecule has 3 N–H and O–H groups in total. The number of sulfonamides is 1. The molecule has 0 saturated carbocycles. The van der Waals surface area contributed by atoms with Gasteiger partial charge in [0.2, 0.25) is 0 Å². The van der Waals surface area contributed by atoms with Crippen molar-refractivity contribution < 1.29 is 18.3 Å². The predicted octanol–water partition coefficient (Wildman–Crippen LogP) is 3.53. The number of nitrogens with one attached hydrogen (secondary N) is 2. The minimum Gasteiger partial charge on any atom is -0.480 e. The maximum Gasteiger partial charge on any atom is 0.322 e. The van der Waals surface area contributed by atoms with Crippen LogP contribution in [0.3, 0.4) is 0 Å². The first-order valence-electron chi connectivity index (χ1n) is 7.36. The van der Waals surface area contributed by atoms with Gasteiger partial charge in [-0.05, 0) is 39.7 Å². The molecule has 2 aromatic heterocycles. The van der Waals surface area contributed by atoms with Gasteiger partial charge in [-0.25, -0.2) is 8.42 Å². The van der Waals surface area contributed by atoms with E-state index in [1.54, 1.807) is 19.2 Å². The Hall–Kier alpha value is -1.68. The molecule has 2 atom stereocenters. The molecule has 0 aliphatic heterocycles. The molecule has 132 valence electrons. The number of carboxylic acid groups (broad SMARTS) is 1. The summed E-state index contributed by atoms with van der Waals surface area (Å²) in [7, 11) is -3.93. The first-order valence-corrected chi connectivity index (χ1v) is 10.5. The first kappa shape index (κ1) is 18.1. The second kappa shape index (κ2) is 6.91. The van der Waals surface area contributed by atoms with Crippen molar-refractivity contribution in [1.82, 2.24) is 9.71 Å². The van der Waals surface area contributed by atoms with E-state index in [9.17, 15) is 18.3 Å². The first-order chi connectivity index (χ1) is 11.8. The van der Waals surface area contributed by atoms with Crippen molar-refractivity contribution in [3.63, 3.8) is 0 Å². The van der Waals surface area contributed by atoms with Crippen LogP contribution in [0.5, 0.6) is 0 Å². The Morgan fingerprint density at radius 2 is 2.00 bits per heavy atom. The topological polar surface area (TPSA) is 99.3 Å². The van der Waals surface area contributed by atoms with Gasteiger partial charge < -0.3 is 10.1 Å². The average Bonchev–Trinajstić information content (AvgIpc) is 3.18. The van der Waals surface area contributed by atoms with Crippen LogP contribution in [-0.4, -0.2) is 30.5 Å². The number of carbonyl (C=O) groups is 1. The molecule has 0 aliphatic carbocycles. The molecule has 3 rings (SSSR count). The van der Waals surface area contributed by atoms with Gasteiger partial charge in [0.1, 0.15) is 10.3 Å². The quantitative estimate of drug-likeness (QED) is 0.543. The SMILES string of the molecule is C[C@H](c1c[nH]c2ccccc12)[C@@H](NS(=O)(=O)c1ccc(Br)s1)C(=O)O. The Labute approximate surface area is 157 Å². The van der Waals surface area contributed by atoms with Crippen LogP contribution >= 0.6 is 27.3 Å². The zero-order valence-corrected chi connectivity index (χ0v) is 16.3. The summed E-state index contributed by atoms with van der Waals surface area (Å²) in [6, 6.07) is 9.25. The van der Waals surface area contributed by atoms with Gasteiger partial charge in [-0.1, -0.05) is 25.1 Å². The largest absolute Gasteiger partial charge is 0.480 e. The third-order valence-corrected chi connectivity index (χ3v) is 7.53. The molecule has 0 radical (unpaired) electrons. The molecule has 3 aromatic rings. The molecule has 1 aromatic carbocycles. The lowest BCUT2D eigenvalue weighted by atomic mass is 9.93. The van der Waals surface area contributed by atoms with Crippen molar-refractivity contribution >= 4 is 54.2 Å². The summed E-state index contributed by atoms with van der Waals surface area (Å²) in [4.78, 5) is 14.8. The molecule has 0 unspecified atom stereocenters. The van der Waals surface area contributed by atoms with Gasteiger partial charge in [-0.3, -0.25) is 4.79 Å². The summed E-state index contributed by atoms with van der Waals surface area (Å²) < 4.78 is 28.1. The van der Waals surface area contributed by atoms with Crippen LogP contribution < -0.4 is 4.72 Å². The highest BCUT2D eigenvalue weighted by Crippen LogP contribution is 2.30. The van der Waals surface area contributed by atoms with Crippen LogP contribution in [-0.2, 0) is 14.8 Å². The zero-order chi connectivity index (χ0) is 18.2. The Kier molecular flexibility index (Phi) is 5.01. The number of fused-ring (bicyclic) bond motifs is 1. The highest BCUT2D eigenvalue weighted by Gasteiger charge is 2.32. The minimum atomic E-state index is -3.93. The Balaban J connectivity index is 1.95. The number of aromatic amines is 1. The molecule has 0 amide bonds. The van der Waals surface area contributed by atoms with Crippen LogP contribution in [0.4, 0.5) is 0 Å². The molecular formula is C16H15BrN2O4S2. The molecule has 2 heterocycles. The van der Waals surface area contributed by atoms with Gasteiger partial charge in [-0.2, -0.15) is 4.72 Å². The lowest BCUT2D eigenvalue weighted by Gasteiger charge is -2.21. The normalized spacial score (nSPS) is 14.5. The number of para-hydroxylation sites is 1. The van der Waals surface area contributed by atoms with E-state index in [-0.39, 0.29) is 4.21 Å². The summed E-state index contributed by atoms with van der Waals surface area (Å²) in [5.74, 6) is -1.79. The molecule has 9 heteroatoms. The molecule has 0 saturated heterocycles. The van der Waals surface area contributed by atoms with Gasteiger partial charge in [0, 0.05) is 23.0 Å². The van der Waals surface area contributed by atoms with Crippen molar-refractivity contribution in [2.75, 3.05) is 0 Å². The molecule has 6 nitrogen and oxygen atoms in total. The Morgan fingerprint density at radius 3 is 2.64 bits per heavy atom. The van der Waals surface area contributed by atoms with Gasteiger partial charge in [0.05, 0.1) is 3.79 Å². The second-order valence-electron chi connectivity index (χ2n) is 5.57. The molecule has 0 bridgehead atoms. The van der Waals surface area contributed by atoms with Crippen molar-refractivity contribution in [3.05, 3.63) is 51.9 Å². The highest BCUT2D eigenvalue weighted by atomic mass is 79.9. The lowest BCUT2D eigenvalue weighted by molar-refractivity contribution is -0.139. The summed E-state index contributed by atoms with van der Waals surface area (Å²) in [5, 5.41) is 10.5. The van der Waals surface area contributed by atoms with Gasteiger partial charge >= 0.3 is 5.97 Å². The Bertz CT molecular complexity index is 1030. The van der Waals surface area contributed by atoms with Crippen molar-refractivity contribution in [2.45, 2.75) is 23.1 Å². The van der Waals surface area contributed by atoms with Crippen LogP contribution in [0.1, 0.15) is 18.4 Å². The average molecular weight is 443 g/mol. The fourth-order valence-electron chi connectivity index (χ4n) is 2.68. The lowest BCUT2D eigenvalue weighted by Crippen LogP contribution is -2.43. The van der Waals surface area contributed by atoms with Crippen molar-refractivity contribution in [3.8, 4) is 0 Å². The van der Waals surface area contributed by atoms with E-state index in [1.807, 2.05) is 24.3 Å². The third-order valence-electron chi connectivity index (χ3n) is 3.97. The molecular weight excluding hydrogens is 428 g/mol. The Morgan fingerprint density at radius 1 is 1.28 bits per heavy atom. The fourth-order valence-corrected chi connectivity index (χ4v) is 5.98. The van der Waals surface area contributed by atoms with E-state index in [0.717, 1.165) is 27.8 Å². The summed E-state index contributed by atoms with van der Waals surface area (Å²) >= 11 is 4.24. The van der Waals surface area contributed by atoms with Crippen LogP contribution in [0.25, 0.3) is 10.9 Å². The van der Waals surface area contributed by atoms with Crippen LogP contribution in [0.15, 0.2) is 50.6 Å². The maximum absolute atomic E-state index is 12.5. The van der Waals surface area contributed by atoms with E-state index in [4.69, 9.17) is 0 Å². The number of aliphatic carboxylic acids is 1. The molecule has 0 fully saturated rings. The number of halogens is 1. The zero-order valence-electron chi connectivity index (χ0n) is 13.1. The fraction of sp³-hybridized carbons (Fsp3) is 0.188. The monoisotopic (exact) mass is 442 g/mol. The number of thiophene rings is 1. The number of benzene rings is 1. The van der Waals surface area contributed by atoms with Crippen LogP contribution in [0, 0.1) is 0 Å². The summed E-state index contributed by atoms with van der Waals surface area (Å²) in [6.07, 6.45) is 1.72. The van der Waals surface area contributed by atoms with Gasteiger partial charge in [-0.15, -0.1) is 11.3 Å². The van der Waals surface area contributed by atoms with E-state index in [1.165, 1.54) is 6.07 Å². The predicted molar refractivity (Wildman–Crippen MR) is 100 cm³/mol. The number of hydrogen-bond donors (Lipinski definition) is 3. The van der Waals surface area contributed by atoms with E-state index < -0.39 is 28.0 Å². The van der Waals surface area contributed by atoms with E-state index >= 15 is 0 Å². The number of hydrogen-bond acceptors (Lipinski definition) is 4. The van der Waals surface area contributed by atoms with Crippen molar-refractivity contribution in [1.29, 1.82) is 0 Å². The summed E-state index contributed by atoms with van der Waals surface area (Å²) in [6.45, 7) is 1.70. The minimum absolute atomic E-state index is 0.0664. The molecule has 0 spiro atoms. The van der Waals surface area contributed by atoms with E-state index in [0.29, 0.717) is 3.79 Å². The third kappa shape index (κ3) is 3.64. The van der Waals surface area contributed by atoms with Crippen LogP contribution in [0.2, 0.25) is 0 Å². The highest BCUT2D eigenvalue weighted by molar-refractivity contribution is 9.11.